The van der Waals surface area contributed by atoms with Gasteiger partial charge in [-0.15, -0.1) is 0 Å². The topological polar surface area (TPSA) is 107 Å². The maximum absolute atomic E-state index is 13.3. The maximum atomic E-state index is 13.3. The molecular weight excluding hydrogens is 491 g/mol. The van der Waals surface area contributed by atoms with Crippen LogP contribution in [0.2, 0.25) is 5.02 Å². The Kier molecular flexibility index (Phi) is 6.30. The van der Waals surface area contributed by atoms with E-state index in [1.54, 1.807) is 54.6 Å². The number of aromatic nitrogens is 1. The standard InChI is InChI=1S/C26H18ClFN2O6/c27-19-12-18-21(36-26(32)33)9-10-34-22(18)13-23(19)35-17-5-1-14(2-6-17)25(31)30-24-8-3-15-11-16(28)4-7-20(15)29-24/h1-8,11-13,21H,9-10H2,(H,32,33)(H,29,30,31). The van der Waals surface area contributed by atoms with Crippen molar-refractivity contribution in [3.63, 3.8) is 0 Å². The van der Waals surface area contributed by atoms with Crippen molar-refractivity contribution in [2.24, 2.45) is 0 Å². The number of hydrogen-bond acceptors (Lipinski definition) is 6. The highest BCUT2D eigenvalue weighted by Gasteiger charge is 2.27. The van der Waals surface area contributed by atoms with Gasteiger partial charge in [0.25, 0.3) is 5.91 Å². The zero-order valence-corrected chi connectivity index (χ0v) is 19.3. The number of nitrogens with one attached hydrogen (secondary N) is 1. The van der Waals surface area contributed by atoms with Gasteiger partial charge >= 0.3 is 6.16 Å². The molecule has 182 valence electrons. The third-order valence-corrected chi connectivity index (χ3v) is 5.82. The van der Waals surface area contributed by atoms with Crippen LogP contribution in [0.25, 0.3) is 10.9 Å². The van der Waals surface area contributed by atoms with Crippen LogP contribution in [0.5, 0.6) is 17.2 Å². The van der Waals surface area contributed by atoms with Crippen LogP contribution < -0.4 is 14.8 Å². The smallest absolute Gasteiger partial charge is 0.493 e. The monoisotopic (exact) mass is 508 g/mol. The molecule has 5 rings (SSSR count). The summed E-state index contributed by atoms with van der Waals surface area (Å²) in [7, 11) is 0. The Labute approximate surface area is 209 Å². The van der Waals surface area contributed by atoms with Crippen LogP contribution in [0.4, 0.5) is 15.0 Å². The number of amides is 1. The Morgan fingerprint density at radius 1 is 1.08 bits per heavy atom. The van der Waals surface area contributed by atoms with Gasteiger partial charge in [0.05, 0.1) is 17.1 Å². The quantitative estimate of drug-likeness (QED) is 0.293. The van der Waals surface area contributed by atoms with Gasteiger partial charge in [0.15, 0.2) is 0 Å². The first-order valence-electron chi connectivity index (χ1n) is 10.9. The summed E-state index contributed by atoms with van der Waals surface area (Å²) in [6.45, 7) is 0.290. The molecular formula is C26H18ClFN2O6. The highest BCUT2D eigenvalue weighted by atomic mass is 35.5. The second kappa shape index (κ2) is 9.71. The van der Waals surface area contributed by atoms with Crippen LogP contribution >= 0.6 is 11.6 Å². The first-order valence-corrected chi connectivity index (χ1v) is 11.2. The molecule has 0 radical (unpaired) electrons. The first-order chi connectivity index (χ1) is 17.4. The van der Waals surface area contributed by atoms with Crippen LogP contribution in [-0.2, 0) is 4.74 Å². The fraction of sp³-hybridized carbons (Fsp3) is 0.115. The average Bonchev–Trinajstić information content (AvgIpc) is 2.85. The first kappa shape index (κ1) is 23.4. The molecule has 2 heterocycles. The number of pyridine rings is 1. The molecule has 0 fully saturated rings. The third kappa shape index (κ3) is 5.01. The predicted octanol–water partition coefficient (Wildman–Crippen LogP) is 6.59. The molecule has 1 aromatic heterocycles. The van der Waals surface area contributed by atoms with Crippen LogP contribution in [0, 0.1) is 5.82 Å². The van der Waals surface area contributed by atoms with E-state index >= 15 is 0 Å². The largest absolute Gasteiger partial charge is 0.506 e. The molecule has 1 unspecified atom stereocenters. The molecule has 1 aliphatic rings. The molecule has 0 bridgehead atoms. The Bertz CT molecular complexity index is 1480. The van der Waals surface area contributed by atoms with Gasteiger partial charge in [-0.1, -0.05) is 11.6 Å². The molecule has 8 nitrogen and oxygen atoms in total. The van der Waals surface area contributed by atoms with Crippen LogP contribution in [0.15, 0.2) is 66.7 Å². The summed E-state index contributed by atoms with van der Waals surface area (Å²) < 4.78 is 29.7. The van der Waals surface area contributed by atoms with Gasteiger partial charge in [-0.25, -0.2) is 14.2 Å². The lowest BCUT2D eigenvalue weighted by molar-refractivity contribution is 0.0326. The molecule has 1 aliphatic heterocycles. The molecule has 0 saturated carbocycles. The molecule has 0 spiro atoms. The van der Waals surface area contributed by atoms with Crippen molar-refractivity contribution in [2.75, 3.05) is 11.9 Å². The lowest BCUT2D eigenvalue weighted by Crippen LogP contribution is -2.18. The summed E-state index contributed by atoms with van der Waals surface area (Å²) in [4.78, 5) is 27.9. The van der Waals surface area contributed by atoms with Crippen molar-refractivity contribution < 1.29 is 33.3 Å². The number of halogens is 2. The van der Waals surface area contributed by atoms with E-state index in [0.717, 1.165) is 0 Å². The zero-order valence-electron chi connectivity index (χ0n) is 18.5. The summed E-state index contributed by atoms with van der Waals surface area (Å²) in [5.41, 5.74) is 1.46. The van der Waals surface area contributed by atoms with E-state index < -0.39 is 12.3 Å². The number of fused-ring (bicyclic) bond motifs is 2. The number of carbonyl (C=O) groups excluding carboxylic acids is 1. The van der Waals surface area contributed by atoms with Crippen molar-refractivity contribution in [3.05, 3.63) is 88.7 Å². The van der Waals surface area contributed by atoms with Crippen LogP contribution in [0.1, 0.15) is 28.4 Å². The Morgan fingerprint density at radius 3 is 2.67 bits per heavy atom. The number of anilines is 1. The van der Waals surface area contributed by atoms with E-state index in [4.69, 9.17) is 30.9 Å². The van der Waals surface area contributed by atoms with Gasteiger partial charge in [0, 0.05) is 29.0 Å². The highest BCUT2D eigenvalue weighted by molar-refractivity contribution is 6.32. The Balaban J connectivity index is 1.28. The highest BCUT2D eigenvalue weighted by Crippen LogP contribution is 2.42. The number of benzene rings is 3. The minimum atomic E-state index is -1.37. The van der Waals surface area contributed by atoms with Crippen molar-refractivity contribution in [1.82, 2.24) is 4.98 Å². The molecule has 2 N–H and O–H groups in total. The number of carboxylic acid groups (broad SMARTS) is 1. The summed E-state index contributed by atoms with van der Waals surface area (Å²) in [6.07, 6.45) is -1.67. The van der Waals surface area contributed by atoms with E-state index in [-0.39, 0.29) is 16.7 Å². The summed E-state index contributed by atoms with van der Waals surface area (Å²) in [5.74, 6) is 0.761. The van der Waals surface area contributed by atoms with Gasteiger partial charge in [-0.2, -0.15) is 0 Å². The van der Waals surface area contributed by atoms with E-state index in [1.165, 1.54) is 12.1 Å². The Morgan fingerprint density at radius 2 is 1.89 bits per heavy atom. The third-order valence-electron chi connectivity index (χ3n) is 5.53. The van der Waals surface area contributed by atoms with E-state index in [0.29, 0.717) is 58.1 Å². The SMILES string of the molecule is O=C(O)OC1CCOc2cc(Oc3ccc(C(=O)Nc4ccc5cc(F)ccc5n4)cc3)c(Cl)cc21. The van der Waals surface area contributed by atoms with Gasteiger partial charge in [0.1, 0.15) is 35.0 Å². The molecule has 4 aromatic rings. The van der Waals surface area contributed by atoms with E-state index in [2.05, 4.69) is 10.3 Å². The number of rotatable bonds is 5. The summed E-state index contributed by atoms with van der Waals surface area (Å²) in [5, 5.41) is 12.5. The molecule has 10 heteroatoms. The fourth-order valence-corrected chi connectivity index (χ4v) is 4.05. The zero-order chi connectivity index (χ0) is 25.2. The lowest BCUT2D eigenvalue weighted by atomic mass is 10.0. The minimum Gasteiger partial charge on any atom is -0.493 e. The van der Waals surface area contributed by atoms with Crippen LogP contribution in [0.3, 0.4) is 0 Å². The second-order valence-corrected chi connectivity index (χ2v) is 8.35. The van der Waals surface area contributed by atoms with Gasteiger partial charge < -0.3 is 24.6 Å². The number of carbonyl (C=O) groups is 2. The maximum Gasteiger partial charge on any atom is 0.506 e. The normalized spacial score (nSPS) is 14.4. The molecule has 1 atom stereocenters. The van der Waals surface area contributed by atoms with Crippen molar-refractivity contribution in [2.45, 2.75) is 12.5 Å². The van der Waals surface area contributed by atoms with Gasteiger partial charge in [0.2, 0.25) is 0 Å². The minimum absolute atomic E-state index is 0.252. The molecule has 3 aromatic carbocycles. The molecule has 0 saturated heterocycles. The predicted molar refractivity (Wildman–Crippen MR) is 130 cm³/mol. The van der Waals surface area contributed by atoms with Crippen LogP contribution in [-0.4, -0.2) is 28.8 Å². The summed E-state index contributed by atoms with van der Waals surface area (Å²) in [6, 6.07) is 17.0. The average molecular weight is 509 g/mol. The van der Waals surface area contributed by atoms with E-state index in [1.807, 2.05) is 0 Å². The summed E-state index contributed by atoms with van der Waals surface area (Å²) >= 11 is 6.36. The number of nitrogens with zero attached hydrogens (tertiary/aromatic N) is 1. The fourth-order valence-electron chi connectivity index (χ4n) is 3.84. The molecule has 1 amide bonds. The Hall–Kier alpha value is -4.37. The molecule has 0 aliphatic carbocycles. The van der Waals surface area contributed by atoms with Crippen molar-refractivity contribution >= 4 is 40.4 Å². The van der Waals surface area contributed by atoms with Gasteiger partial charge in [-0.3, -0.25) is 4.79 Å². The van der Waals surface area contributed by atoms with Gasteiger partial charge in [-0.05, 0) is 60.7 Å². The van der Waals surface area contributed by atoms with Crippen molar-refractivity contribution in [1.29, 1.82) is 0 Å². The van der Waals surface area contributed by atoms with E-state index in [9.17, 15) is 14.0 Å². The molecule has 36 heavy (non-hydrogen) atoms. The lowest BCUT2D eigenvalue weighted by Gasteiger charge is -2.25. The second-order valence-electron chi connectivity index (χ2n) is 7.94. The number of ether oxygens (including phenoxy) is 3. The van der Waals surface area contributed by atoms with Crippen molar-refractivity contribution in [3.8, 4) is 17.2 Å². The number of hydrogen-bond donors (Lipinski definition) is 2.